The molecular weight excluding hydrogens is 196 g/mol. The Morgan fingerprint density at radius 2 is 1.75 bits per heavy atom. The lowest BCUT2D eigenvalue weighted by atomic mass is 10.9. The van der Waals surface area contributed by atoms with E-state index < -0.39 is 8.32 Å². The van der Waals surface area contributed by atoms with Crippen molar-refractivity contribution in [2.24, 2.45) is 0 Å². The predicted molar refractivity (Wildman–Crippen MR) is 49.7 cm³/mol. The molecule has 0 rings (SSSR count). The summed E-state index contributed by atoms with van der Waals surface area (Å²) in [4.78, 5) is 22.4. The molecule has 0 aromatic carbocycles. The Hall–Kier alpha value is -0.193. The lowest BCUT2D eigenvalue weighted by Crippen LogP contribution is -2.52. The van der Waals surface area contributed by atoms with E-state index in [-0.39, 0.29) is 10.8 Å². The molecule has 0 N–H and O–H groups in total. The minimum Gasteiger partial charge on any atom is -0.407 e. The second kappa shape index (κ2) is 4.74. The molecule has 0 spiro atoms. The standard InChI is InChI=1S/C7H13ClO3Si/c1-6(9)12(11-3,5-4-8)7(2)10/h4-5H2,1-3H3. The minimum absolute atomic E-state index is 0.154. The molecule has 0 aromatic rings. The summed E-state index contributed by atoms with van der Waals surface area (Å²) in [6.07, 6.45) is 0. The Bertz CT molecular complexity index is 179. The fourth-order valence-electron chi connectivity index (χ4n) is 1.12. The molecule has 0 aliphatic rings. The van der Waals surface area contributed by atoms with E-state index in [0.29, 0.717) is 11.9 Å². The SMILES string of the molecule is CO[Si](CCCl)(C(C)=O)C(C)=O. The smallest absolute Gasteiger partial charge is 0.334 e. The van der Waals surface area contributed by atoms with Gasteiger partial charge in [-0.1, -0.05) is 0 Å². The number of halogens is 1. The molecule has 12 heavy (non-hydrogen) atoms. The monoisotopic (exact) mass is 208 g/mol. The molecule has 0 radical (unpaired) electrons. The van der Waals surface area contributed by atoms with E-state index in [1.165, 1.54) is 21.0 Å². The van der Waals surface area contributed by atoms with Gasteiger partial charge < -0.3 is 14.0 Å². The fraction of sp³-hybridized carbons (Fsp3) is 0.714. The van der Waals surface area contributed by atoms with Crippen LogP contribution in [0.5, 0.6) is 0 Å². The lowest BCUT2D eigenvalue weighted by molar-refractivity contribution is -0.116. The first-order chi connectivity index (χ1) is 5.51. The van der Waals surface area contributed by atoms with E-state index in [1.54, 1.807) is 0 Å². The van der Waals surface area contributed by atoms with Gasteiger partial charge in [-0.3, -0.25) is 0 Å². The third-order valence-electron chi connectivity index (χ3n) is 1.93. The van der Waals surface area contributed by atoms with Crippen molar-refractivity contribution in [1.29, 1.82) is 0 Å². The predicted octanol–water partition coefficient (Wildman–Crippen LogP) is 1.07. The summed E-state index contributed by atoms with van der Waals surface area (Å²) in [5.41, 5.74) is 0. The van der Waals surface area contributed by atoms with Crippen LogP contribution in [0.25, 0.3) is 0 Å². The van der Waals surface area contributed by atoms with E-state index in [1.807, 2.05) is 0 Å². The third kappa shape index (κ3) is 2.15. The van der Waals surface area contributed by atoms with Gasteiger partial charge in [-0.05, 0) is 19.9 Å². The van der Waals surface area contributed by atoms with Gasteiger partial charge in [-0.2, -0.15) is 0 Å². The highest BCUT2D eigenvalue weighted by molar-refractivity contribution is 7.21. The van der Waals surface area contributed by atoms with Crippen molar-refractivity contribution >= 4 is 30.7 Å². The van der Waals surface area contributed by atoms with E-state index in [4.69, 9.17) is 16.0 Å². The van der Waals surface area contributed by atoms with Crippen molar-refractivity contribution in [3.8, 4) is 0 Å². The highest BCUT2D eigenvalue weighted by atomic mass is 35.5. The van der Waals surface area contributed by atoms with Gasteiger partial charge in [-0.25, -0.2) is 0 Å². The maximum Gasteiger partial charge on any atom is 0.334 e. The molecule has 0 aliphatic heterocycles. The number of hydrogen-bond acceptors (Lipinski definition) is 3. The zero-order valence-corrected chi connectivity index (χ0v) is 9.27. The molecule has 3 nitrogen and oxygen atoms in total. The van der Waals surface area contributed by atoms with Crippen LogP contribution in [0.4, 0.5) is 0 Å². The van der Waals surface area contributed by atoms with Crippen LogP contribution in [0.3, 0.4) is 0 Å². The van der Waals surface area contributed by atoms with Crippen LogP contribution in [0, 0.1) is 0 Å². The summed E-state index contributed by atoms with van der Waals surface area (Å²) < 4.78 is 5.06. The maximum atomic E-state index is 11.2. The maximum absolute atomic E-state index is 11.2. The van der Waals surface area contributed by atoms with Crippen LogP contribution < -0.4 is 0 Å². The molecule has 0 amide bonds. The summed E-state index contributed by atoms with van der Waals surface area (Å²) in [6, 6.07) is 0.371. The zero-order chi connectivity index (χ0) is 9.78. The van der Waals surface area contributed by atoms with Crippen LogP contribution in [0.1, 0.15) is 13.8 Å². The summed E-state index contributed by atoms with van der Waals surface area (Å²) in [6.45, 7) is 2.79. The third-order valence-corrected chi connectivity index (χ3v) is 6.36. The molecule has 0 aliphatic carbocycles. The average molecular weight is 209 g/mol. The van der Waals surface area contributed by atoms with Gasteiger partial charge in [0.2, 0.25) is 0 Å². The quantitative estimate of drug-likeness (QED) is 0.502. The molecule has 0 bridgehead atoms. The minimum atomic E-state index is -2.83. The molecule has 0 fully saturated rings. The van der Waals surface area contributed by atoms with Crippen molar-refractivity contribution in [2.75, 3.05) is 13.0 Å². The van der Waals surface area contributed by atoms with Crippen LogP contribution in [0.2, 0.25) is 6.04 Å². The molecule has 0 heterocycles. The van der Waals surface area contributed by atoms with Crippen molar-refractivity contribution < 1.29 is 14.0 Å². The lowest BCUT2D eigenvalue weighted by Gasteiger charge is -2.22. The molecule has 0 saturated carbocycles. The summed E-state index contributed by atoms with van der Waals surface area (Å²) in [5.74, 6) is 0.291. The molecule has 0 saturated heterocycles. The summed E-state index contributed by atoms with van der Waals surface area (Å²) in [5, 5.41) is -0.309. The molecule has 0 unspecified atom stereocenters. The van der Waals surface area contributed by atoms with Crippen molar-refractivity contribution in [2.45, 2.75) is 19.9 Å². The molecule has 0 atom stereocenters. The second-order valence-electron chi connectivity index (χ2n) is 2.58. The van der Waals surface area contributed by atoms with Gasteiger partial charge in [0.05, 0.1) is 0 Å². The van der Waals surface area contributed by atoms with Gasteiger partial charge in [0.25, 0.3) is 0 Å². The highest BCUT2D eigenvalue weighted by Gasteiger charge is 2.44. The first-order valence-corrected chi connectivity index (χ1v) is 6.29. The Morgan fingerprint density at radius 1 is 1.33 bits per heavy atom. The van der Waals surface area contributed by atoms with Crippen LogP contribution in [0.15, 0.2) is 0 Å². The Morgan fingerprint density at radius 3 is 1.83 bits per heavy atom. The Kier molecular flexibility index (Phi) is 4.66. The summed E-state index contributed by atoms with van der Waals surface area (Å²) >= 11 is 5.50. The van der Waals surface area contributed by atoms with Gasteiger partial charge in [0, 0.05) is 13.0 Å². The second-order valence-corrected chi connectivity index (χ2v) is 6.93. The topological polar surface area (TPSA) is 43.4 Å². The van der Waals surface area contributed by atoms with Crippen molar-refractivity contribution in [3.05, 3.63) is 0 Å². The van der Waals surface area contributed by atoms with Crippen LogP contribution >= 0.6 is 11.6 Å². The number of alkyl halides is 1. The van der Waals surface area contributed by atoms with Gasteiger partial charge in [-0.15, -0.1) is 11.6 Å². The van der Waals surface area contributed by atoms with E-state index >= 15 is 0 Å². The number of hydrogen-bond donors (Lipinski definition) is 0. The molecule has 0 aromatic heterocycles. The Balaban J connectivity index is 4.76. The Labute approximate surface area is 78.2 Å². The van der Waals surface area contributed by atoms with E-state index in [2.05, 4.69) is 0 Å². The zero-order valence-electron chi connectivity index (χ0n) is 7.52. The molecule has 5 heteroatoms. The molecule has 70 valence electrons. The largest absolute Gasteiger partial charge is 0.407 e. The highest BCUT2D eigenvalue weighted by Crippen LogP contribution is 2.14. The van der Waals surface area contributed by atoms with E-state index in [0.717, 1.165) is 0 Å². The number of carbonyl (C=O) groups is 2. The van der Waals surface area contributed by atoms with Crippen molar-refractivity contribution in [3.63, 3.8) is 0 Å². The van der Waals surface area contributed by atoms with Gasteiger partial charge >= 0.3 is 8.32 Å². The van der Waals surface area contributed by atoms with Gasteiger partial charge in [0.15, 0.2) is 0 Å². The first kappa shape index (κ1) is 11.8. The first-order valence-electron chi connectivity index (χ1n) is 3.64. The van der Waals surface area contributed by atoms with Crippen LogP contribution in [-0.4, -0.2) is 32.1 Å². The van der Waals surface area contributed by atoms with E-state index in [9.17, 15) is 9.59 Å². The number of carbonyl (C=O) groups excluding carboxylic acids is 2. The number of rotatable bonds is 5. The van der Waals surface area contributed by atoms with Crippen LogP contribution in [-0.2, 0) is 14.0 Å². The fourth-order valence-corrected chi connectivity index (χ4v) is 4.17. The van der Waals surface area contributed by atoms with Crippen molar-refractivity contribution in [1.82, 2.24) is 0 Å². The normalized spacial score (nSPS) is 11.3. The van der Waals surface area contributed by atoms with Gasteiger partial charge in [0.1, 0.15) is 10.8 Å². The molecular formula is C7H13ClO3Si. The average Bonchev–Trinajstić information content (AvgIpc) is 1.98. The summed E-state index contributed by atoms with van der Waals surface area (Å²) in [7, 11) is -1.43.